The lowest BCUT2D eigenvalue weighted by molar-refractivity contribution is -0.385. The summed E-state index contributed by atoms with van der Waals surface area (Å²) in [6, 6.07) is 3.90. The molecular formula is C11H8N2O5. The number of nitro groups is 1. The van der Waals surface area contributed by atoms with Crippen molar-refractivity contribution in [2.45, 2.75) is 0 Å². The molecule has 7 nitrogen and oxygen atoms in total. The third kappa shape index (κ3) is 2.82. The van der Waals surface area contributed by atoms with Crippen LogP contribution < -0.4 is 0 Å². The topological polar surface area (TPSA) is 113 Å². The van der Waals surface area contributed by atoms with E-state index in [2.05, 4.69) is 4.74 Å². The fourth-order valence-electron chi connectivity index (χ4n) is 1.20. The monoisotopic (exact) mass is 248 g/mol. The van der Waals surface area contributed by atoms with Crippen LogP contribution in [0.5, 0.6) is 5.75 Å². The van der Waals surface area contributed by atoms with Crippen LogP contribution in [0.3, 0.4) is 0 Å². The lowest BCUT2D eigenvalue weighted by atomic mass is 10.1. The number of benzene rings is 1. The predicted molar refractivity (Wildman–Crippen MR) is 60.5 cm³/mol. The van der Waals surface area contributed by atoms with Gasteiger partial charge in [0.1, 0.15) is 0 Å². The maximum atomic E-state index is 10.9. The van der Waals surface area contributed by atoms with Crippen LogP contribution in [-0.2, 0) is 9.53 Å². The molecule has 92 valence electrons. The number of ether oxygens (including phenoxy) is 1. The Kier molecular flexibility index (Phi) is 3.99. The Hall–Kier alpha value is -2.88. The molecule has 0 unspecified atom stereocenters. The summed E-state index contributed by atoms with van der Waals surface area (Å²) < 4.78 is 4.34. The highest BCUT2D eigenvalue weighted by atomic mass is 16.6. The third-order valence-electron chi connectivity index (χ3n) is 2.05. The van der Waals surface area contributed by atoms with Crippen molar-refractivity contribution in [2.24, 2.45) is 0 Å². The van der Waals surface area contributed by atoms with E-state index in [4.69, 9.17) is 5.26 Å². The molecule has 18 heavy (non-hydrogen) atoms. The summed E-state index contributed by atoms with van der Waals surface area (Å²) >= 11 is 0. The maximum absolute atomic E-state index is 10.9. The Morgan fingerprint density at radius 2 is 2.28 bits per heavy atom. The zero-order valence-corrected chi connectivity index (χ0v) is 9.28. The highest BCUT2D eigenvalue weighted by Gasteiger charge is 2.17. The minimum absolute atomic E-state index is 0.00372. The van der Waals surface area contributed by atoms with E-state index in [-0.39, 0.29) is 11.1 Å². The summed E-state index contributed by atoms with van der Waals surface area (Å²) in [5.41, 5.74) is -0.603. The molecular weight excluding hydrogens is 240 g/mol. The molecule has 0 aliphatic rings. The van der Waals surface area contributed by atoms with Gasteiger partial charge in [0.25, 0.3) is 0 Å². The van der Waals surface area contributed by atoms with E-state index in [0.29, 0.717) is 0 Å². The lowest BCUT2D eigenvalue weighted by Crippen LogP contribution is -1.95. The molecule has 0 amide bonds. The summed E-state index contributed by atoms with van der Waals surface area (Å²) in [7, 11) is 1.17. The molecule has 1 aromatic carbocycles. The number of phenols is 1. The van der Waals surface area contributed by atoms with Gasteiger partial charge in [0.05, 0.1) is 23.7 Å². The summed E-state index contributed by atoms with van der Waals surface area (Å²) in [5, 5.41) is 29.0. The number of carbonyl (C=O) groups excluding carboxylic acids is 1. The van der Waals surface area contributed by atoms with Crippen LogP contribution in [0.2, 0.25) is 0 Å². The second-order valence-corrected chi connectivity index (χ2v) is 3.16. The molecule has 0 saturated heterocycles. The molecule has 1 aromatic rings. The number of carbonyl (C=O) groups is 1. The number of nitriles is 1. The van der Waals surface area contributed by atoms with E-state index in [0.717, 1.165) is 18.2 Å². The van der Waals surface area contributed by atoms with Gasteiger partial charge >= 0.3 is 11.7 Å². The number of esters is 1. The molecule has 0 fully saturated rings. The Morgan fingerprint density at radius 1 is 1.61 bits per heavy atom. The Balaban J connectivity index is 3.31. The van der Waals surface area contributed by atoms with Gasteiger partial charge in [-0.2, -0.15) is 5.26 Å². The van der Waals surface area contributed by atoms with Gasteiger partial charge in [0.15, 0.2) is 0 Å². The average molecular weight is 248 g/mol. The second-order valence-electron chi connectivity index (χ2n) is 3.16. The number of nitro benzene ring substituents is 1. The van der Waals surface area contributed by atoms with Gasteiger partial charge in [-0.25, -0.2) is 4.79 Å². The average Bonchev–Trinajstić information content (AvgIpc) is 2.36. The molecule has 0 aliphatic heterocycles. The van der Waals surface area contributed by atoms with Gasteiger partial charge in [0, 0.05) is 17.7 Å². The summed E-state index contributed by atoms with van der Waals surface area (Å²) in [6.07, 6.45) is 2.12. The quantitative estimate of drug-likeness (QED) is 0.374. The first-order valence-corrected chi connectivity index (χ1v) is 4.67. The van der Waals surface area contributed by atoms with Crippen LogP contribution in [0.4, 0.5) is 5.69 Å². The molecule has 0 saturated carbocycles. The molecule has 0 bridgehead atoms. The highest BCUT2D eigenvalue weighted by Crippen LogP contribution is 2.31. The van der Waals surface area contributed by atoms with Gasteiger partial charge < -0.3 is 9.84 Å². The normalized spacial score (nSPS) is 10.0. The zero-order valence-electron chi connectivity index (χ0n) is 9.28. The van der Waals surface area contributed by atoms with Crippen molar-refractivity contribution in [1.29, 1.82) is 5.26 Å². The molecule has 0 heterocycles. The van der Waals surface area contributed by atoms with E-state index >= 15 is 0 Å². The third-order valence-corrected chi connectivity index (χ3v) is 2.05. The SMILES string of the molecule is COC(=O)C=Cc1cc(C#N)cc([N+](=O)[O-])c1O. The second kappa shape index (κ2) is 5.45. The number of aromatic hydroxyl groups is 1. The molecule has 0 spiro atoms. The first kappa shape index (κ1) is 13.2. The van der Waals surface area contributed by atoms with Crippen LogP contribution >= 0.6 is 0 Å². The van der Waals surface area contributed by atoms with Gasteiger partial charge in [0.2, 0.25) is 5.75 Å². The Bertz CT molecular complexity index is 572. The molecule has 1 N–H and O–H groups in total. The van der Waals surface area contributed by atoms with Crippen LogP contribution in [0.1, 0.15) is 11.1 Å². The smallest absolute Gasteiger partial charge is 0.330 e. The minimum Gasteiger partial charge on any atom is -0.502 e. The van der Waals surface area contributed by atoms with Gasteiger partial charge in [-0.3, -0.25) is 10.1 Å². The lowest BCUT2D eigenvalue weighted by Gasteiger charge is -2.01. The van der Waals surface area contributed by atoms with Crippen LogP contribution in [0.25, 0.3) is 6.08 Å². The van der Waals surface area contributed by atoms with Crippen molar-refractivity contribution < 1.29 is 19.6 Å². The first-order valence-electron chi connectivity index (χ1n) is 4.67. The van der Waals surface area contributed by atoms with Gasteiger partial charge in [-0.15, -0.1) is 0 Å². The van der Waals surface area contributed by atoms with Crippen LogP contribution in [0.15, 0.2) is 18.2 Å². The number of nitrogens with zero attached hydrogens (tertiary/aromatic N) is 2. The molecule has 7 heteroatoms. The van der Waals surface area contributed by atoms with Crippen molar-refractivity contribution in [2.75, 3.05) is 7.11 Å². The molecule has 0 atom stereocenters. The largest absolute Gasteiger partial charge is 0.502 e. The van der Waals surface area contributed by atoms with E-state index in [1.807, 2.05) is 0 Å². The Labute approximate surface area is 102 Å². The Morgan fingerprint density at radius 3 is 2.78 bits per heavy atom. The number of methoxy groups -OCH3 is 1. The maximum Gasteiger partial charge on any atom is 0.330 e. The molecule has 0 aromatic heterocycles. The minimum atomic E-state index is -0.814. The van der Waals surface area contributed by atoms with Crippen molar-refractivity contribution in [3.63, 3.8) is 0 Å². The zero-order chi connectivity index (χ0) is 13.7. The molecule has 1 rings (SSSR count). The van der Waals surface area contributed by atoms with E-state index < -0.39 is 22.3 Å². The summed E-state index contributed by atoms with van der Waals surface area (Å²) in [4.78, 5) is 20.7. The van der Waals surface area contributed by atoms with Crippen molar-refractivity contribution >= 4 is 17.7 Å². The van der Waals surface area contributed by atoms with Crippen molar-refractivity contribution in [1.82, 2.24) is 0 Å². The van der Waals surface area contributed by atoms with Crippen LogP contribution in [-0.4, -0.2) is 23.1 Å². The van der Waals surface area contributed by atoms with Gasteiger partial charge in [-0.1, -0.05) is 0 Å². The summed E-state index contributed by atoms with van der Waals surface area (Å²) in [5.74, 6) is -1.29. The van der Waals surface area contributed by atoms with Crippen molar-refractivity contribution in [3.8, 4) is 11.8 Å². The van der Waals surface area contributed by atoms with Crippen molar-refractivity contribution in [3.05, 3.63) is 39.4 Å². The number of phenolic OH excluding ortho intramolecular Hbond substituents is 1. The fourth-order valence-corrected chi connectivity index (χ4v) is 1.20. The van der Waals surface area contributed by atoms with E-state index in [9.17, 15) is 20.0 Å². The van der Waals surface area contributed by atoms with Gasteiger partial charge in [-0.05, 0) is 12.1 Å². The fraction of sp³-hybridized carbons (Fsp3) is 0.0909. The molecule has 0 radical (unpaired) electrons. The number of hydrogen-bond donors (Lipinski definition) is 1. The highest BCUT2D eigenvalue weighted by molar-refractivity contribution is 5.88. The first-order chi connectivity index (χ1) is 8.49. The molecule has 0 aliphatic carbocycles. The predicted octanol–water partition coefficient (Wildman–Crippen LogP) is 1.36. The van der Waals surface area contributed by atoms with E-state index in [1.54, 1.807) is 6.07 Å². The van der Waals surface area contributed by atoms with Crippen LogP contribution in [0, 0.1) is 21.4 Å². The number of rotatable bonds is 3. The van der Waals surface area contributed by atoms with E-state index in [1.165, 1.54) is 13.2 Å². The number of hydrogen-bond acceptors (Lipinski definition) is 6. The summed E-state index contributed by atoms with van der Waals surface area (Å²) in [6.45, 7) is 0. The standard InChI is InChI=1S/C11H8N2O5/c1-18-10(14)3-2-8-4-7(6-12)5-9(11(8)15)13(16)17/h2-5,15H,1H3.